The van der Waals surface area contributed by atoms with Crippen LogP contribution in [0.15, 0.2) is 76.3 Å². The highest BCUT2D eigenvalue weighted by Crippen LogP contribution is 2.36. The van der Waals surface area contributed by atoms with Crippen LogP contribution in [0, 0.1) is 0 Å². The smallest absolute Gasteiger partial charge is 0.338 e. The summed E-state index contributed by atoms with van der Waals surface area (Å²) in [5, 5.41) is 0. The standard InChI is InChI=1S/C27H27N3O5S/c1-5-14-35-20-12-11-18(15-21(20)33-6-2)24-23(26(32)34-7-3)17(4)29-27-30(24)25(31)22(36-27)16-19-10-8-9-13-28-19/h5,8-13,15-16,24H,1,6-7,14H2,2-4H3/b22-16-. The molecule has 0 amide bonds. The Hall–Kier alpha value is -3.98. The zero-order chi connectivity index (χ0) is 25.7. The van der Waals surface area contributed by atoms with E-state index in [4.69, 9.17) is 14.2 Å². The van der Waals surface area contributed by atoms with Gasteiger partial charge >= 0.3 is 5.97 Å². The van der Waals surface area contributed by atoms with Gasteiger partial charge in [-0.15, -0.1) is 0 Å². The zero-order valence-electron chi connectivity index (χ0n) is 20.4. The van der Waals surface area contributed by atoms with Crippen LogP contribution in [0.2, 0.25) is 0 Å². The van der Waals surface area contributed by atoms with Crippen molar-refractivity contribution in [3.63, 3.8) is 0 Å². The van der Waals surface area contributed by atoms with Crippen molar-refractivity contribution in [3.8, 4) is 11.5 Å². The minimum absolute atomic E-state index is 0.199. The first-order valence-corrected chi connectivity index (χ1v) is 12.4. The summed E-state index contributed by atoms with van der Waals surface area (Å²) < 4.78 is 18.9. The number of ether oxygens (including phenoxy) is 3. The minimum atomic E-state index is -0.751. The van der Waals surface area contributed by atoms with Crippen molar-refractivity contribution in [2.75, 3.05) is 19.8 Å². The lowest BCUT2D eigenvalue weighted by Gasteiger charge is -2.25. The first-order valence-electron chi connectivity index (χ1n) is 11.6. The van der Waals surface area contributed by atoms with Crippen LogP contribution in [0.1, 0.15) is 38.1 Å². The maximum atomic E-state index is 13.7. The second-order valence-electron chi connectivity index (χ2n) is 7.80. The molecule has 4 rings (SSSR count). The summed E-state index contributed by atoms with van der Waals surface area (Å²) in [5.74, 6) is 0.527. The lowest BCUT2D eigenvalue weighted by atomic mass is 9.95. The van der Waals surface area contributed by atoms with Crippen LogP contribution in [-0.4, -0.2) is 35.3 Å². The van der Waals surface area contributed by atoms with Crippen molar-refractivity contribution in [1.82, 2.24) is 9.55 Å². The second-order valence-corrected chi connectivity index (χ2v) is 8.80. The molecule has 0 saturated carbocycles. The van der Waals surface area contributed by atoms with Crippen LogP contribution in [0.3, 0.4) is 0 Å². The Kier molecular flexibility index (Phi) is 7.80. The van der Waals surface area contributed by atoms with Crippen LogP contribution < -0.4 is 24.4 Å². The predicted octanol–water partition coefficient (Wildman–Crippen LogP) is 3.16. The number of hydrogen-bond acceptors (Lipinski definition) is 8. The average molecular weight is 506 g/mol. The molecular formula is C27H27N3O5S. The molecule has 0 radical (unpaired) electrons. The first-order chi connectivity index (χ1) is 17.5. The lowest BCUT2D eigenvalue weighted by molar-refractivity contribution is -0.139. The van der Waals surface area contributed by atoms with Gasteiger partial charge in [-0.1, -0.05) is 36.1 Å². The van der Waals surface area contributed by atoms with Crippen molar-refractivity contribution in [1.29, 1.82) is 0 Å². The summed E-state index contributed by atoms with van der Waals surface area (Å²) in [6, 6.07) is 10.1. The number of pyridine rings is 1. The summed E-state index contributed by atoms with van der Waals surface area (Å²) in [6.45, 7) is 9.98. The van der Waals surface area contributed by atoms with Gasteiger partial charge in [0.2, 0.25) is 0 Å². The van der Waals surface area contributed by atoms with E-state index < -0.39 is 12.0 Å². The number of carbonyl (C=O) groups excluding carboxylic acids is 1. The highest BCUT2D eigenvalue weighted by atomic mass is 32.1. The molecule has 9 heteroatoms. The predicted molar refractivity (Wildman–Crippen MR) is 138 cm³/mol. The van der Waals surface area contributed by atoms with Gasteiger partial charge in [0.25, 0.3) is 5.56 Å². The molecule has 1 aromatic carbocycles. The number of rotatable bonds is 9. The second kappa shape index (κ2) is 11.2. The number of thiazole rings is 1. The molecule has 1 atom stereocenters. The Morgan fingerprint density at radius 2 is 2.00 bits per heavy atom. The van der Waals surface area contributed by atoms with Gasteiger partial charge in [-0.3, -0.25) is 14.3 Å². The quantitative estimate of drug-likeness (QED) is 0.328. The normalized spacial score (nSPS) is 15.2. The van der Waals surface area contributed by atoms with Crippen molar-refractivity contribution < 1.29 is 19.0 Å². The number of nitrogens with zero attached hydrogens (tertiary/aromatic N) is 3. The summed E-state index contributed by atoms with van der Waals surface area (Å²) in [7, 11) is 0. The number of benzene rings is 1. The van der Waals surface area contributed by atoms with Gasteiger partial charge in [-0.05, 0) is 56.7 Å². The zero-order valence-corrected chi connectivity index (χ0v) is 21.2. The summed E-state index contributed by atoms with van der Waals surface area (Å²) >= 11 is 1.25. The van der Waals surface area contributed by atoms with E-state index in [1.54, 1.807) is 44.3 Å². The summed E-state index contributed by atoms with van der Waals surface area (Å²) in [5.41, 5.74) is 1.86. The minimum Gasteiger partial charge on any atom is -0.490 e. The maximum Gasteiger partial charge on any atom is 0.338 e. The monoisotopic (exact) mass is 505 g/mol. The number of carbonyl (C=O) groups is 1. The molecule has 2 aromatic heterocycles. The Morgan fingerprint density at radius 3 is 2.69 bits per heavy atom. The van der Waals surface area contributed by atoms with Crippen molar-refractivity contribution in [2.45, 2.75) is 26.8 Å². The van der Waals surface area contributed by atoms with E-state index in [0.717, 1.165) is 0 Å². The number of allylic oxidation sites excluding steroid dienone is 1. The Bertz CT molecular complexity index is 1490. The van der Waals surface area contributed by atoms with E-state index in [1.807, 2.05) is 31.2 Å². The molecule has 8 nitrogen and oxygen atoms in total. The largest absolute Gasteiger partial charge is 0.490 e. The van der Waals surface area contributed by atoms with Gasteiger partial charge in [0.05, 0.1) is 40.8 Å². The van der Waals surface area contributed by atoms with Gasteiger partial charge in [0.15, 0.2) is 16.3 Å². The van der Waals surface area contributed by atoms with E-state index in [2.05, 4.69) is 16.6 Å². The van der Waals surface area contributed by atoms with Crippen molar-refractivity contribution in [3.05, 3.63) is 97.5 Å². The van der Waals surface area contributed by atoms with Gasteiger partial charge in [0, 0.05) is 6.20 Å². The first kappa shape index (κ1) is 25.1. The number of hydrogen-bond donors (Lipinski definition) is 0. The van der Waals surface area contributed by atoms with E-state index in [1.165, 1.54) is 15.9 Å². The SMILES string of the molecule is C=CCOc1ccc(C2C(C(=O)OCC)=C(C)N=c3s/c(=C\c4ccccn4)c(=O)n32)cc1OCC. The summed E-state index contributed by atoms with van der Waals surface area (Å²) in [6.07, 6.45) is 5.04. The van der Waals surface area contributed by atoms with Crippen molar-refractivity contribution >= 4 is 23.4 Å². The highest BCUT2D eigenvalue weighted by molar-refractivity contribution is 7.07. The topological polar surface area (TPSA) is 92.0 Å². The van der Waals surface area contributed by atoms with E-state index in [9.17, 15) is 9.59 Å². The Morgan fingerprint density at radius 1 is 1.17 bits per heavy atom. The molecule has 0 aliphatic carbocycles. The van der Waals surface area contributed by atoms with E-state index in [0.29, 0.717) is 56.6 Å². The van der Waals surface area contributed by atoms with Gasteiger partial charge in [0.1, 0.15) is 6.61 Å². The molecule has 0 fully saturated rings. The fourth-order valence-electron chi connectivity index (χ4n) is 3.93. The summed E-state index contributed by atoms with van der Waals surface area (Å²) in [4.78, 5) is 36.1. The Balaban J connectivity index is 1.94. The van der Waals surface area contributed by atoms with Crippen LogP contribution in [0.5, 0.6) is 11.5 Å². The average Bonchev–Trinajstić information content (AvgIpc) is 3.17. The molecular weight excluding hydrogens is 478 g/mol. The van der Waals surface area contributed by atoms with Crippen molar-refractivity contribution in [2.24, 2.45) is 4.99 Å². The Labute approximate surface area is 212 Å². The molecule has 1 aliphatic heterocycles. The molecule has 3 aromatic rings. The van der Waals surface area contributed by atoms with Crippen LogP contribution in [0.25, 0.3) is 6.08 Å². The highest BCUT2D eigenvalue weighted by Gasteiger charge is 2.34. The van der Waals surface area contributed by atoms with Crippen LogP contribution in [0.4, 0.5) is 0 Å². The molecule has 0 N–H and O–H groups in total. The van der Waals surface area contributed by atoms with E-state index in [-0.39, 0.29) is 12.2 Å². The number of fused-ring (bicyclic) bond motifs is 1. The molecule has 0 saturated heterocycles. The third kappa shape index (κ3) is 5.01. The fourth-order valence-corrected chi connectivity index (χ4v) is 4.96. The molecule has 186 valence electrons. The van der Waals surface area contributed by atoms with Crippen LogP contribution >= 0.6 is 11.3 Å². The van der Waals surface area contributed by atoms with E-state index >= 15 is 0 Å². The molecule has 36 heavy (non-hydrogen) atoms. The number of aromatic nitrogens is 2. The molecule has 3 heterocycles. The molecule has 1 unspecified atom stereocenters. The third-order valence-corrected chi connectivity index (χ3v) is 6.41. The van der Waals surface area contributed by atoms with Crippen LogP contribution in [-0.2, 0) is 9.53 Å². The van der Waals surface area contributed by atoms with Gasteiger partial charge < -0.3 is 14.2 Å². The molecule has 0 bridgehead atoms. The number of esters is 1. The molecule has 0 spiro atoms. The lowest BCUT2D eigenvalue weighted by Crippen LogP contribution is -2.40. The fraction of sp³-hybridized carbons (Fsp3) is 0.259. The van der Waals surface area contributed by atoms with Gasteiger partial charge in [-0.2, -0.15) is 0 Å². The third-order valence-electron chi connectivity index (χ3n) is 5.42. The molecule has 1 aliphatic rings. The maximum absolute atomic E-state index is 13.7. The van der Waals surface area contributed by atoms with Gasteiger partial charge in [-0.25, -0.2) is 9.79 Å².